The van der Waals surface area contributed by atoms with E-state index in [0.717, 1.165) is 5.69 Å². The first-order chi connectivity index (χ1) is 19.7. The zero-order valence-corrected chi connectivity index (χ0v) is 23.9. The highest BCUT2D eigenvalue weighted by Gasteiger charge is 2.43. The van der Waals surface area contributed by atoms with Crippen LogP contribution in [0.15, 0.2) is 77.3 Å². The molecule has 1 aliphatic rings. The summed E-state index contributed by atoms with van der Waals surface area (Å²) in [6.07, 6.45) is 1.71. The van der Waals surface area contributed by atoms with Crippen molar-refractivity contribution in [3.05, 3.63) is 99.5 Å². The molecule has 2 aromatic heterocycles. The Morgan fingerprint density at radius 2 is 2.00 bits per heavy atom. The second-order valence-electron chi connectivity index (χ2n) is 9.65. The molecule has 2 atom stereocenters. The third kappa shape index (κ3) is 5.59. The number of rotatable bonds is 8. The lowest BCUT2D eigenvalue weighted by atomic mass is 10.0. The molecule has 1 fully saturated rings. The van der Waals surface area contributed by atoms with Gasteiger partial charge in [0.05, 0.1) is 46.1 Å². The number of aromatic nitrogens is 1. The molecule has 2 aromatic carbocycles. The maximum absolute atomic E-state index is 12.2. The number of nitro groups is 1. The van der Waals surface area contributed by atoms with Crippen molar-refractivity contribution in [2.45, 2.75) is 25.9 Å². The number of pyridine rings is 1. The number of non-ortho nitro benzene ring substituents is 1. The van der Waals surface area contributed by atoms with E-state index < -0.39 is 11.0 Å². The van der Waals surface area contributed by atoms with Crippen LogP contribution >= 0.6 is 23.8 Å². The summed E-state index contributed by atoms with van der Waals surface area (Å²) < 4.78 is 11.8. The Bertz CT molecular complexity index is 1630. The smallest absolute Gasteiger partial charge is 0.273 e. The van der Waals surface area contributed by atoms with Crippen LogP contribution in [0, 0.1) is 16.0 Å². The molecule has 1 saturated heterocycles. The average molecular weight is 592 g/mol. The summed E-state index contributed by atoms with van der Waals surface area (Å²) in [7, 11) is 1.45. The molecule has 0 radical (unpaired) electrons. The number of nitro benzene ring substituents is 1. The predicted molar refractivity (Wildman–Crippen MR) is 160 cm³/mol. The van der Waals surface area contributed by atoms with Crippen molar-refractivity contribution in [3.63, 3.8) is 0 Å². The number of nitrogens with zero attached hydrogens (tertiary/aromatic N) is 3. The second kappa shape index (κ2) is 11.6. The summed E-state index contributed by atoms with van der Waals surface area (Å²) in [6, 6.07) is 18.0. The van der Waals surface area contributed by atoms with Gasteiger partial charge >= 0.3 is 0 Å². The number of carbonyl (C=O) groups is 1. The fourth-order valence-electron chi connectivity index (χ4n) is 4.61. The largest absolute Gasteiger partial charge is 0.496 e. The highest BCUT2D eigenvalue weighted by atomic mass is 35.5. The zero-order chi connectivity index (χ0) is 29.3. The fraction of sp³-hybridized carbons (Fsp3) is 0.207. The van der Waals surface area contributed by atoms with E-state index in [1.807, 2.05) is 35.2 Å². The summed E-state index contributed by atoms with van der Waals surface area (Å²) in [6.45, 7) is 3.61. The van der Waals surface area contributed by atoms with Crippen molar-refractivity contribution < 1.29 is 18.9 Å². The number of benzene rings is 2. The van der Waals surface area contributed by atoms with Gasteiger partial charge < -0.3 is 24.7 Å². The monoisotopic (exact) mass is 591 g/mol. The first-order valence-electron chi connectivity index (χ1n) is 12.7. The van der Waals surface area contributed by atoms with Gasteiger partial charge in [0.2, 0.25) is 5.91 Å². The van der Waals surface area contributed by atoms with Crippen molar-refractivity contribution in [2.75, 3.05) is 17.3 Å². The molecule has 4 aromatic rings. The SMILES string of the molecule is COc1cc([N+](=O)[O-])ccc1-c1ccc([C@H]2[C@@H](c3ccccn3)NC(=S)N2c2ccc(NC(=O)C(C)C)c(Cl)c2)o1. The van der Waals surface area contributed by atoms with Gasteiger partial charge in [0.1, 0.15) is 23.3 Å². The summed E-state index contributed by atoms with van der Waals surface area (Å²) >= 11 is 12.4. The molecule has 210 valence electrons. The lowest BCUT2D eigenvalue weighted by Crippen LogP contribution is -2.29. The summed E-state index contributed by atoms with van der Waals surface area (Å²) in [4.78, 5) is 29.5. The number of hydrogen-bond acceptors (Lipinski definition) is 7. The number of furan rings is 1. The highest BCUT2D eigenvalue weighted by Crippen LogP contribution is 2.45. The molecule has 0 bridgehead atoms. The molecule has 41 heavy (non-hydrogen) atoms. The molecule has 12 heteroatoms. The normalized spacial score (nSPS) is 16.5. The quantitative estimate of drug-likeness (QED) is 0.131. The van der Waals surface area contributed by atoms with E-state index >= 15 is 0 Å². The van der Waals surface area contributed by atoms with Crippen molar-refractivity contribution in [1.82, 2.24) is 10.3 Å². The van der Waals surface area contributed by atoms with Crippen molar-refractivity contribution in [1.29, 1.82) is 0 Å². The summed E-state index contributed by atoms with van der Waals surface area (Å²) in [5, 5.41) is 18.3. The molecular weight excluding hydrogens is 566 g/mol. The van der Waals surface area contributed by atoms with E-state index in [1.54, 1.807) is 44.3 Å². The standard InChI is InChI=1S/C29H26ClN5O5S/c1-16(2)28(36)32-21-10-8-17(14-20(21)30)34-27(26(33-29(34)41)22-6-4-5-13-31-22)24-12-11-23(40-24)19-9-7-18(35(37)38)15-25(19)39-3/h4-16,26-27H,1-3H3,(H,32,36)(H,33,41)/t26-,27+/m1/s1. The lowest BCUT2D eigenvalue weighted by molar-refractivity contribution is -0.384. The fourth-order valence-corrected chi connectivity index (χ4v) is 5.18. The number of anilines is 2. The first kappa shape index (κ1) is 28.1. The second-order valence-corrected chi connectivity index (χ2v) is 10.4. The minimum atomic E-state index is -0.481. The Morgan fingerprint density at radius 3 is 2.66 bits per heavy atom. The topological polar surface area (TPSA) is 123 Å². The number of thiocarbonyl (C=S) groups is 1. The first-order valence-corrected chi connectivity index (χ1v) is 13.5. The van der Waals surface area contributed by atoms with Crippen molar-refractivity contribution in [3.8, 4) is 17.1 Å². The third-order valence-corrected chi connectivity index (χ3v) is 7.32. The maximum Gasteiger partial charge on any atom is 0.273 e. The number of methoxy groups -OCH3 is 1. The van der Waals surface area contributed by atoms with Crippen LogP contribution in [0.2, 0.25) is 5.02 Å². The minimum absolute atomic E-state index is 0.0889. The van der Waals surface area contributed by atoms with Crippen LogP contribution in [0.25, 0.3) is 11.3 Å². The number of halogens is 1. The number of carbonyl (C=O) groups excluding carboxylic acids is 1. The Balaban J connectivity index is 1.56. The van der Waals surface area contributed by atoms with Crippen LogP contribution in [-0.2, 0) is 4.79 Å². The summed E-state index contributed by atoms with van der Waals surface area (Å²) in [5.74, 6) is 0.998. The Hall–Kier alpha value is -4.48. The molecule has 0 aliphatic carbocycles. The van der Waals surface area contributed by atoms with Crippen LogP contribution in [0.1, 0.15) is 37.4 Å². The number of amides is 1. The molecule has 0 saturated carbocycles. The summed E-state index contributed by atoms with van der Waals surface area (Å²) in [5.41, 5.74) is 2.40. The van der Waals surface area contributed by atoms with Gasteiger partial charge in [0, 0.05) is 23.9 Å². The molecule has 3 heterocycles. The van der Waals surface area contributed by atoms with Gasteiger partial charge in [-0.3, -0.25) is 19.9 Å². The van der Waals surface area contributed by atoms with Gasteiger partial charge in [-0.1, -0.05) is 31.5 Å². The average Bonchev–Trinajstić information content (AvgIpc) is 3.58. The van der Waals surface area contributed by atoms with E-state index in [9.17, 15) is 14.9 Å². The molecule has 5 rings (SSSR count). The Kier molecular flexibility index (Phi) is 7.91. The lowest BCUT2D eigenvalue weighted by Gasteiger charge is -2.26. The van der Waals surface area contributed by atoms with Gasteiger partial charge in [-0.2, -0.15) is 0 Å². The molecule has 1 amide bonds. The third-order valence-electron chi connectivity index (χ3n) is 6.69. The van der Waals surface area contributed by atoms with Crippen molar-refractivity contribution in [2.24, 2.45) is 5.92 Å². The van der Waals surface area contributed by atoms with E-state index in [0.29, 0.717) is 44.3 Å². The van der Waals surface area contributed by atoms with E-state index in [-0.39, 0.29) is 23.6 Å². The van der Waals surface area contributed by atoms with Gasteiger partial charge in [-0.05, 0) is 60.7 Å². The maximum atomic E-state index is 12.2. The van der Waals surface area contributed by atoms with Crippen LogP contribution in [-0.4, -0.2) is 28.0 Å². The number of hydrogen-bond donors (Lipinski definition) is 2. The van der Waals surface area contributed by atoms with E-state index in [1.165, 1.54) is 19.2 Å². The zero-order valence-electron chi connectivity index (χ0n) is 22.3. The van der Waals surface area contributed by atoms with Crippen molar-refractivity contribution >= 4 is 51.9 Å². The van der Waals surface area contributed by atoms with Gasteiger partial charge in [-0.25, -0.2) is 0 Å². The van der Waals surface area contributed by atoms with Gasteiger partial charge in [-0.15, -0.1) is 0 Å². The van der Waals surface area contributed by atoms with Crippen LogP contribution in [0.5, 0.6) is 5.75 Å². The van der Waals surface area contributed by atoms with E-state index in [4.69, 9.17) is 33.0 Å². The van der Waals surface area contributed by atoms with Crippen LogP contribution in [0.4, 0.5) is 17.1 Å². The molecule has 10 nitrogen and oxygen atoms in total. The van der Waals surface area contributed by atoms with Crippen LogP contribution < -0.4 is 20.3 Å². The Labute approximate surface area is 246 Å². The molecular formula is C29H26ClN5O5S. The van der Waals surface area contributed by atoms with Crippen LogP contribution in [0.3, 0.4) is 0 Å². The molecule has 0 unspecified atom stereocenters. The van der Waals surface area contributed by atoms with Gasteiger partial charge in [0.15, 0.2) is 5.11 Å². The highest BCUT2D eigenvalue weighted by molar-refractivity contribution is 7.80. The number of ether oxygens (including phenoxy) is 1. The molecule has 2 N–H and O–H groups in total. The molecule has 1 aliphatic heterocycles. The Morgan fingerprint density at radius 1 is 1.20 bits per heavy atom. The minimum Gasteiger partial charge on any atom is -0.496 e. The van der Waals surface area contributed by atoms with Gasteiger partial charge in [0.25, 0.3) is 5.69 Å². The van der Waals surface area contributed by atoms with E-state index in [2.05, 4.69) is 15.6 Å². The molecule has 0 spiro atoms. The predicted octanol–water partition coefficient (Wildman–Crippen LogP) is 6.68. The number of nitrogens with one attached hydrogen (secondary N) is 2.